The minimum Gasteiger partial charge on any atom is -0.387 e. The summed E-state index contributed by atoms with van der Waals surface area (Å²) in [5.41, 5.74) is 0.701. The summed E-state index contributed by atoms with van der Waals surface area (Å²) >= 11 is 1.27. The molecule has 0 saturated heterocycles. The highest BCUT2D eigenvalue weighted by Crippen LogP contribution is 2.15. The highest BCUT2D eigenvalue weighted by atomic mass is 32.1. The molecule has 1 N–H and O–H groups in total. The maximum Gasteiger partial charge on any atom is 0.104 e. The van der Waals surface area contributed by atoms with Crippen molar-refractivity contribution in [1.82, 2.24) is 9.59 Å². The first-order chi connectivity index (χ1) is 4.84. The Hall–Kier alpha value is -0.480. The van der Waals surface area contributed by atoms with Gasteiger partial charge in [-0.1, -0.05) is 17.8 Å². The molecule has 1 aromatic rings. The summed E-state index contributed by atoms with van der Waals surface area (Å²) in [4.78, 5) is 0. The minimum absolute atomic E-state index is 0.413. The van der Waals surface area contributed by atoms with Crippen LogP contribution in [0.4, 0.5) is 0 Å². The second-order valence-electron chi connectivity index (χ2n) is 2.13. The zero-order valence-corrected chi connectivity index (χ0v) is 6.64. The second kappa shape index (κ2) is 3.63. The molecule has 0 radical (unpaired) electrons. The van der Waals surface area contributed by atoms with E-state index in [1.165, 1.54) is 11.5 Å². The van der Waals surface area contributed by atoms with Crippen LogP contribution >= 0.6 is 11.5 Å². The number of hydrogen-bond donors (Lipinski definition) is 1. The van der Waals surface area contributed by atoms with Gasteiger partial charge in [-0.05, 0) is 18.0 Å². The lowest BCUT2D eigenvalue weighted by Gasteiger charge is -2.02. The molecule has 1 atom stereocenters. The Morgan fingerprint density at radius 3 is 3.10 bits per heavy atom. The maximum absolute atomic E-state index is 9.31. The van der Waals surface area contributed by atoms with E-state index < -0.39 is 6.10 Å². The second-order valence-corrected chi connectivity index (χ2v) is 2.74. The van der Waals surface area contributed by atoms with E-state index in [1.54, 1.807) is 5.38 Å². The van der Waals surface area contributed by atoms with Gasteiger partial charge < -0.3 is 5.11 Å². The Balaban J connectivity index is 2.50. The van der Waals surface area contributed by atoms with E-state index in [9.17, 15) is 5.11 Å². The quantitative estimate of drug-likeness (QED) is 0.722. The van der Waals surface area contributed by atoms with Crippen molar-refractivity contribution in [2.45, 2.75) is 25.9 Å². The number of aliphatic hydroxyl groups excluding tert-OH is 1. The van der Waals surface area contributed by atoms with Crippen LogP contribution in [0, 0.1) is 0 Å². The van der Waals surface area contributed by atoms with Gasteiger partial charge in [-0.15, -0.1) is 5.10 Å². The van der Waals surface area contributed by atoms with Crippen LogP contribution in [0.3, 0.4) is 0 Å². The van der Waals surface area contributed by atoms with E-state index in [-0.39, 0.29) is 0 Å². The first kappa shape index (κ1) is 7.63. The molecule has 0 spiro atoms. The lowest BCUT2D eigenvalue weighted by molar-refractivity contribution is 0.161. The molecule has 1 rings (SSSR count). The molecule has 0 aliphatic heterocycles. The molecule has 0 aliphatic rings. The monoisotopic (exact) mass is 158 g/mol. The van der Waals surface area contributed by atoms with Gasteiger partial charge in [0.25, 0.3) is 0 Å². The van der Waals surface area contributed by atoms with Gasteiger partial charge in [0.15, 0.2) is 0 Å². The van der Waals surface area contributed by atoms with E-state index in [2.05, 4.69) is 9.59 Å². The van der Waals surface area contributed by atoms with Crippen molar-refractivity contribution in [2.75, 3.05) is 0 Å². The molecule has 1 heterocycles. The largest absolute Gasteiger partial charge is 0.387 e. The van der Waals surface area contributed by atoms with Gasteiger partial charge in [-0.25, -0.2) is 0 Å². The minimum atomic E-state index is -0.413. The number of aromatic nitrogens is 2. The van der Waals surface area contributed by atoms with E-state index in [0.29, 0.717) is 5.69 Å². The summed E-state index contributed by atoms with van der Waals surface area (Å²) in [5, 5.41) is 14.8. The molecule has 10 heavy (non-hydrogen) atoms. The van der Waals surface area contributed by atoms with Gasteiger partial charge in [0, 0.05) is 5.38 Å². The Morgan fingerprint density at radius 2 is 2.60 bits per heavy atom. The first-order valence-corrected chi connectivity index (χ1v) is 4.13. The SMILES string of the molecule is CCCC(O)c1csnn1. The lowest BCUT2D eigenvalue weighted by atomic mass is 10.2. The van der Waals surface area contributed by atoms with Crippen molar-refractivity contribution in [3.8, 4) is 0 Å². The van der Waals surface area contributed by atoms with Crippen LogP contribution in [0.25, 0.3) is 0 Å². The molecule has 1 aromatic heterocycles. The van der Waals surface area contributed by atoms with Crippen molar-refractivity contribution in [3.05, 3.63) is 11.1 Å². The number of hydrogen-bond acceptors (Lipinski definition) is 4. The van der Waals surface area contributed by atoms with Crippen molar-refractivity contribution < 1.29 is 5.11 Å². The van der Waals surface area contributed by atoms with Gasteiger partial charge >= 0.3 is 0 Å². The Kier molecular flexibility index (Phi) is 2.77. The molecule has 56 valence electrons. The zero-order valence-electron chi connectivity index (χ0n) is 5.82. The highest BCUT2D eigenvalue weighted by Gasteiger charge is 2.07. The zero-order chi connectivity index (χ0) is 7.40. The maximum atomic E-state index is 9.31. The van der Waals surface area contributed by atoms with Gasteiger partial charge in [-0.3, -0.25) is 0 Å². The van der Waals surface area contributed by atoms with Crippen LogP contribution < -0.4 is 0 Å². The molecule has 4 heteroatoms. The smallest absolute Gasteiger partial charge is 0.104 e. The molecule has 3 nitrogen and oxygen atoms in total. The van der Waals surface area contributed by atoms with Crippen LogP contribution in [-0.2, 0) is 0 Å². The lowest BCUT2D eigenvalue weighted by Crippen LogP contribution is -1.96. The van der Waals surface area contributed by atoms with E-state index in [4.69, 9.17) is 0 Å². The van der Waals surface area contributed by atoms with Crippen LogP contribution in [0.15, 0.2) is 5.38 Å². The molecule has 0 fully saturated rings. The average molecular weight is 158 g/mol. The van der Waals surface area contributed by atoms with Crippen molar-refractivity contribution in [2.24, 2.45) is 0 Å². The Labute approximate surface area is 63.9 Å². The Bertz CT molecular complexity index is 176. The number of rotatable bonds is 3. The standard InChI is InChI=1S/C6H10N2OS/c1-2-3-6(9)5-4-10-8-7-5/h4,6,9H,2-3H2,1H3. The summed E-state index contributed by atoms with van der Waals surface area (Å²) in [5.74, 6) is 0. The molecule has 0 aliphatic carbocycles. The van der Waals surface area contributed by atoms with Crippen LogP contribution in [0.5, 0.6) is 0 Å². The van der Waals surface area contributed by atoms with E-state index in [0.717, 1.165) is 12.8 Å². The predicted octanol–water partition coefficient (Wildman–Crippen LogP) is 1.37. The fourth-order valence-corrected chi connectivity index (χ4v) is 1.24. The van der Waals surface area contributed by atoms with E-state index in [1.807, 2.05) is 6.92 Å². The van der Waals surface area contributed by atoms with Crippen LogP contribution in [0.2, 0.25) is 0 Å². The molecular formula is C6H10N2OS. The summed E-state index contributed by atoms with van der Waals surface area (Å²) < 4.78 is 3.66. The summed E-state index contributed by atoms with van der Waals surface area (Å²) in [7, 11) is 0. The van der Waals surface area contributed by atoms with Gasteiger partial charge in [0.1, 0.15) is 5.69 Å². The third kappa shape index (κ3) is 1.75. The third-order valence-corrected chi connectivity index (χ3v) is 1.80. The first-order valence-electron chi connectivity index (χ1n) is 3.29. The summed E-state index contributed by atoms with van der Waals surface area (Å²) in [6.45, 7) is 2.03. The molecule has 0 aromatic carbocycles. The third-order valence-electron chi connectivity index (χ3n) is 1.28. The summed E-state index contributed by atoms with van der Waals surface area (Å²) in [6, 6.07) is 0. The molecule has 0 amide bonds. The highest BCUT2D eigenvalue weighted by molar-refractivity contribution is 7.03. The molecular weight excluding hydrogens is 148 g/mol. The molecule has 0 bridgehead atoms. The van der Waals surface area contributed by atoms with E-state index >= 15 is 0 Å². The van der Waals surface area contributed by atoms with Crippen molar-refractivity contribution in [1.29, 1.82) is 0 Å². The van der Waals surface area contributed by atoms with Gasteiger partial charge in [0.05, 0.1) is 6.10 Å². The van der Waals surface area contributed by atoms with Gasteiger partial charge in [-0.2, -0.15) is 0 Å². The number of aliphatic hydroxyl groups is 1. The average Bonchev–Trinajstić information content (AvgIpc) is 2.38. The fraction of sp³-hybridized carbons (Fsp3) is 0.667. The predicted molar refractivity (Wildman–Crippen MR) is 39.8 cm³/mol. The molecule has 0 saturated carbocycles. The summed E-state index contributed by atoms with van der Waals surface area (Å²) in [6.07, 6.45) is 1.33. The molecule has 1 unspecified atom stereocenters. The van der Waals surface area contributed by atoms with Crippen molar-refractivity contribution in [3.63, 3.8) is 0 Å². The van der Waals surface area contributed by atoms with Crippen LogP contribution in [-0.4, -0.2) is 14.7 Å². The number of nitrogens with zero attached hydrogens (tertiary/aromatic N) is 2. The van der Waals surface area contributed by atoms with Crippen molar-refractivity contribution >= 4 is 11.5 Å². The fourth-order valence-electron chi connectivity index (χ4n) is 0.738. The normalized spacial score (nSPS) is 13.4. The van der Waals surface area contributed by atoms with Crippen LogP contribution in [0.1, 0.15) is 31.6 Å². The Morgan fingerprint density at radius 1 is 1.80 bits per heavy atom. The topological polar surface area (TPSA) is 46.0 Å². The van der Waals surface area contributed by atoms with Gasteiger partial charge in [0.2, 0.25) is 0 Å².